The fourth-order valence-corrected chi connectivity index (χ4v) is 0.883. The Labute approximate surface area is 71.3 Å². The summed E-state index contributed by atoms with van der Waals surface area (Å²) >= 11 is 0. The van der Waals surface area contributed by atoms with E-state index < -0.39 is 0 Å². The Bertz CT molecular complexity index is 216. The van der Waals surface area contributed by atoms with Crippen LogP contribution in [0.1, 0.15) is 11.9 Å². The van der Waals surface area contributed by atoms with E-state index >= 15 is 0 Å². The van der Waals surface area contributed by atoms with Crippen molar-refractivity contribution in [1.82, 2.24) is 0 Å². The molecule has 0 unspecified atom stereocenters. The Balaban J connectivity index is 2.51. The Kier molecular flexibility index (Phi) is 3.57. The van der Waals surface area contributed by atoms with Gasteiger partial charge in [0.1, 0.15) is 11.9 Å². The molecule has 0 bridgehead atoms. The van der Waals surface area contributed by atoms with Crippen molar-refractivity contribution < 1.29 is 14.3 Å². The van der Waals surface area contributed by atoms with E-state index in [0.29, 0.717) is 12.4 Å². The summed E-state index contributed by atoms with van der Waals surface area (Å²) in [5.74, 6) is 0.638. The molecule has 0 fully saturated rings. The van der Waals surface area contributed by atoms with Gasteiger partial charge in [-0.3, -0.25) is 0 Å². The number of rotatable bonds is 5. The average Bonchev–Trinajstić information content (AvgIpc) is 2.59. The molecule has 1 aromatic heterocycles. The van der Waals surface area contributed by atoms with E-state index in [-0.39, 0.29) is 12.7 Å². The summed E-state index contributed by atoms with van der Waals surface area (Å²) in [4.78, 5) is 0. The second kappa shape index (κ2) is 4.74. The molecule has 0 amide bonds. The zero-order valence-electron chi connectivity index (χ0n) is 6.77. The normalized spacial score (nSPS) is 12.8. The van der Waals surface area contributed by atoms with Gasteiger partial charge in [-0.25, -0.2) is 0 Å². The Hall–Kier alpha value is -1.06. The predicted octanol–water partition coefficient (Wildman–Crippen LogP) is 1.52. The zero-order chi connectivity index (χ0) is 8.81. The van der Waals surface area contributed by atoms with E-state index in [4.69, 9.17) is 14.3 Å². The van der Waals surface area contributed by atoms with Gasteiger partial charge in [0.05, 0.1) is 19.5 Å². The van der Waals surface area contributed by atoms with Crippen LogP contribution in [0.5, 0.6) is 0 Å². The maximum absolute atomic E-state index is 8.91. The maximum Gasteiger partial charge on any atom is 0.138 e. The van der Waals surface area contributed by atoms with Crippen molar-refractivity contribution >= 4 is 0 Å². The van der Waals surface area contributed by atoms with Crippen LogP contribution in [0, 0.1) is 0 Å². The predicted molar refractivity (Wildman–Crippen MR) is 44.7 cm³/mol. The molecule has 1 heterocycles. The zero-order valence-corrected chi connectivity index (χ0v) is 6.77. The van der Waals surface area contributed by atoms with Gasteiger partial charge in [0.15, 0.2) is 0 Å². The lowest BCUT2D eigenvalue weighted by Gasteiger charge is -2.10. The third-order valence-electron chi connectivity index (χ3n) is 1.44. The second-order valence-corrected chi connectivity index (χ2v) is 2.31. The van der Waals surface area contributed by atoms with Gasteiger partial charge in [-0.05, 0) is 12.1 Å². The van der Waals surface area contributed by atoms with Crippen molar-refractivity contribution in [1.29, 1.82) is 0 Å². The van der Waals surface area contributed by atoms with Crippen molar-refractivity contribution in [2.24, 2.45) is 0 Å². The van der Waals surface area contributed by atoms with Gasteiger partial charge in [0.2, 0.25) is 0 Å². The van der Waals surface area contributed by atoms with Crippen LogP contribution >= 0.6 is 0 Å². The van der Waals surface area contributed by atoms with Crippen molar-refractivity contribution in [2.45, 2.75) is 6.10 Å². The highest BCUT2D eigenvalue weighted by Gasteiger charge is 2.12. The van der Waals surface area contributed by atoms with E-state index in [1.165, 1.54) is 0 Å². The molecule has 0 saturated carbocycles. The molecule has 0 radical (unpaired) electrons. The highest BCUT2D eigenvalue weighted by atomic mass is 16.5. The topological polar surface area (TPSA) is 42.6 Å². The third kappa shape index (κ3) is 2.22. The fraction of sp³-hybridized carbons (Fsp3) is 0.333. The SMILES string of the molecule is C=CCO[C@@H](CO)c1ccco1. The minimum absolute atomic E-state index is 0.0820. The first-order valence-corrected chi connectivity index (χ1v) is 3.75. The lowest BCUT2D eigenvalue weighted by Crippen LogP contribution is -2.07. The van der Waals surface area contributed by atoms with Gasteiger partial charge in [-0.1, -0.05) is 6.08 Å². The van der Waals surface area contributed by atoms with Gasteiger partial charge in [-0.15, -0.1) is 6.58 Å². The first-order valence-electron chi connectivity index (χ1n) is 3.75. The van der Waals surface area contributed by atoms with Gasteiger partial charge >= 0.3 is 0 Å². The van der Waals surface area contributed by atoms with Crippen LogP contribution in [0.15, 0.2) is 35.5 Å². The molecular weight excluding hydrogens is 156 g/mol. The van der Waals surface area contributed by atoms with Gasteiger partial charge in [0, 0.05) is 0 Å². The Morgan fingerprint density at radius 2 is 2.58 bits per heavy atom. The molecule has 0 aliphatic heterocycles. The molecule has 3 heteroatoms. The van der Waals surface area contributed by atoms with Crippen LogP contribution in [-0.2, 0) is 4.74 Å². The first-order chi connectivity index (χ1) is 5.88. The summed E-state index contributed by atoms with van der Waals surface area (Å²) in [7, 11) is 0. The monoisotopic (exact) mass is 168 g/mol. The molecule has 0 aliphatic carbocycles. The lowest BCUT2D eigenvalue weighted by molar-refractivity contribution is 0.0138. The molecule has 66 valence electrons. The second-order valence-electron chi connectivity index (χ2n) is 2.31. The van der Waals surface area contributed by atoms with E-state index in [9.17, 15) is 0 Å². The molecule has 3 nitrogen and oxygen atoms in total. The number of hydrogen-bond donors (Lipinski definition) is 1. The van der Waals surface area contributed by atoms with Gasteiger partial charge in [0.25, 0.3) is 0 Å². The molecule has 0 aliphatic rings. The molecule has 12 heavy (non-hydrogen) atoms. The molecule has 1 atom stereocenters. The minimum atomic E-state index is -0.377. The Morgan fingerprint density at radius 3 is 3.08 bits per heavy atom. The molecular formula is C9H12O3. The molecule has 1 N–H and O–H groups in total. The van der Waals surface area contributed by atoms with Gasteiger partial charge < -0.3 is 14.3 Å². The van der Waals surface area contributed by atoms with E-state index in [0.717, 1.165) is 0 Å². The van der Waals surface area contributed by atoms with Crippen molar-refractivity contribution in [2.75, 3.05) is 13.2 Å². The van der Waals surface area contributed by atoms with Crippen LogP contribution in [-0.4, -0.2) is 18.3 Å². The summed E-state index contributed by atoms with van der Waals surface area (Å²) in [6.45, 7) is 3.84. The summed E-state index contributed by atoms with van der Waals surface area (Å²) in [6, 6.07) is 3.53. The summed E-state index contributed by atoms with van der Waals surface area (Å²) in [6.07, 6.45) is 2.80. The number of aliphatic hydroxyl groups excluding tert-OH is 1. The van der Waals surface area contributed by atoms with Gasteiger partial charge in [-0.2, -0.15) is 0 Å². The van der Waals surface area contributed by atoms with Crippen LogP contribution in [0.3, 0.4) is 0 Å². The summed E-state index contributed by atoms with van der Waals surface area (Å²) < 4.78 is 10.3. The van der Waals surface area contributed by atoms with Crippen molar-refractivity contribution in [3.63, 3.8) is 0 Å². The largest absolute Gasteiger partial charge is 0.466 e. The smallest absolute Gasteiger partial charge is 0.138 e. The third-order valence-corrected chi connectivity index (χ3v) is 1.44. The summed E-state index contributed by atoms with van der Waals surface area (Å²) in [5, 5.41) is 8.91. The van der Waals surface area contributed by atoms with Crippen LogP contribution in [0.2, 0.25) is 0 Å². The molecule has 1 aromatic rings. The van der Waals surface area contributed by atoms with E-state index in [2.05, 4.69) is 6.58 Å². The van der Waals surface area contributed by atoms with E-state index in [1.54, 1.807) is 24.5 Å². The molecule has 0 spiro atoms. The first kappa shape index (κ1) is 9.03. The van der Waals surface area contributed by atoms with Crippen LogP contribution in [0.25, 0.3) is 0 Å². The fourth-order valence-electron chi connectivity index (χ4n) is 0.883. The molecule has 0 saturated heterocycles. The Morgan fingerprint density at radius 1 is 1.75 bits per heavy atom. The number of ether oxygens (including phenoxy) is 1. The summed E-state index contributed by atoms with van der Waals surface area (Å²) in [5.41, 5.74) is 0. The highest BCUT2D eigenvalue weighted by Crippen LogP contribution is 2.16. The highest BCUT2D eigenvalue weighted by molar-refractivity contribution is 5.02. The standard InChI is InChI=1S/C9H12O3/c1-2-5-11-9(7-10)8-4-3-6-12-8/h2-4,6,9-10H,1,5,7H2/t9-/m0/s1. The quantitative estimate of drug-likeness (QED) is 0.678. The maximum atomic E-state index is 8.91. The van der Waals surface area contributed by atoms with Crippen LogP contribution in [0.4, 0.5) is 0 Å². The van der Waals surface area contributed by atoms with Crippen LogP contribution < -0.4 is 0 Å². The molecule has 0 aromatic carbocycles. The lowest BCUT2D eigenvalue weighted by atomic mass is 10.3. The minimum Gasteiger partial charge on any atom is -0.466 e. The van der Waals surface area contributed by atoms with Crippen molar-refractivity contribution in [3.8, 4) is 0 Å². The van der Waals surface area contributed by atoms with E-state index in [1.807, 2.05) is 0 Å². The molecule has 1 rings (SSSR count). The average molecular weight is 168 g/mol. The number of hydrogen-bond acceptors (Lipinski definition) is 3. The number of aliphatic hydroxyl groups is 1. The number of furan rings is 1. The van der Waals surface area contributed by atoms with Crippen molar-refractivity contribution in [3.05, 3.63) is 36.8 Å².